The van der Waals surface area contributed by atoms with Crippen LogP contribution in [0.1, 0.15) is 29.8 Å². The van der Waals surface area contributed by atoms with Gasteiger partial charge in [0.2, 0.25) is 0 Å². The standard InChI is InChI=1S/C15H22O4/c1-12(2)10-18-6-7-19-11-14-8-13(9-16)4-5-15(14)17-3/h4-5,8-9,12H,6-7,10-11H2,1-3H3. The van der Waals surface area contributed by atoms with Crippen LogP contribution in [0, 0.1) is 5.92 Å². The van der Waals surface area contributed by atoms with E-state index in [9.17, 15) is 4.79 Å². The molecule has 0 fully saturated rings. The maximum atomic E-state index is 10.7. The average Bonchev–Trinajstić information content (AvgIpc) is 2.42. The Kier molecular flexibility index (Phi) is 7.15. The van der Waals surface area contributed by atoms with Crippen LogP contribution in [0.5, 0.6) is 5.75 Å². The molecule has 0 aliphatic rings. The van der Waals surface area contributed by atoms with Gasteiger partial charge in [0.15, 0.2) is 0 Å². The van der Waals surface area contributed by atoms with E-state index in [0.717, 1.165) is 24.2 Å². The van der Waals surface area contributed by atoms with Gasteiger partial charge in [0.1, 0.15) is 12.0 Å². The molecule has 1 aromatic rings. The first-order valence-corrected chi connectivity index (χ1v) is 6.45. The van der Waals surface area contributed by atoms with Crippen LogP contribution in [0.25, 0.3) is 0 Å². The predicted molar refractivity (Wildman–Crippen MR) is 73.7 cm³/mol. The normalized spacial score (nSPS) is 10.7. The fourth-order valence-corrected chi connectivity index (χ4v) is 1.60. The van der Waals surface area contributed by atoms with Crippen LogP contribution in [0.15, 0.2) is 18.2 Å². The fraction of sp³-hybridized carbons (Fsp3) is 0.533. The van der Waals surface area contributed by atoms with Gasteiger partial charge in [-0.1, -0.05) is 13.8 Å². The number of ether oxygens (including phenoxy) is 3. The molecule has 0 amide bonds. The summed E-state index contributed by atoms with van der Waals surface area (Å²) in [6.07, 6.45) is 0.814. The van der Waals surface area contributed by atoms with Crippen molar-refractivity contribution in [3.05, 3.63) is 29.3 Å². The van der Waals surface area contributed by atoms with E-state index in [1.54, 1.807) is 25.3 Å². The minimum absolute atomic E-state index is 0.413. The number of methoxy groups -OCH3 is 1. The highest BCUT2D eigenvalue weighted by molar-refractivity contribution is 5.75. The van der Waals surface area contributed by atoms with E-state index in [0.29, 0.717) is 31.3 Å². The second-order valence-corrected chi connectivity index (χ2v) is 4.71. The number of carbonyl (C=O) groups excluding carboxylic acids is 1. The Labute approximate surface area is 114 Å². The number of carbonyl (C=O) groups is 1. The lowest BCUT2D eigenvalue weighted by Gasteiger charge is -2.10. The lowest BCUT2D eigenvalue weighted by Crippen LogP contribution is -2.08. The van der Waals surface area contributed by atoms with E-state index < -0.39 is 0 Å². The zero-order valence-electron chi connectivity index (χ0n) is 11.8. The van der Waals surface area contributed by atoms with Gasteiger partial charge in [-0.05, 0) is 24.1 Å². The zero-order valence-corrected chi connectivity index (χ0v) is 11.8. The van der Waals surface area contributed by atoms with Gasteiger partial charge in [0, 0.05) is 17.7 Å². The molecule has 4 heteroatoms. The number of rotatable bonds is 9. The molecule has 0 spiro atoms. The number of hydrogen-bond donors (Lipinski definition) is 0. The first-order valence-electron chi connectivity index (χ1n) is 6.45. The molecule has 0 bridgehead atoms. The van der Waals surface area contributed by atoms with Gasteiger partial charge in [-0.25, -0.2) is 0 Å². The Morgan fingerprint density at radius 1 is 1.21 bits per heavy atom. The van der Waals surface area contributed by atoms with E-state index in [-0.39, 0.29) is 0 Å². The third-order valence-corrected chi connectivity index (χ3v) is 2.52. The van der Waals surface area contributed by atoms with Gasteiger partial charge in [-0.15, -0.1) is 0 Å². The zero-order chi connectivity index (χ0) is 14.1. The van der Waals surface area contributed by atoms with Crippen molar-refractivity contribution in [2.75, 3.05) is 26.9 Å². The second-order valence-electron chi connectivity index (χ2n) is 4.71. The van der Waals surface area contributed by atoms with Crippen molar-refractivity contribution >= 4 is 6.29 Å². The van der Waals surface area contributed by atoms with Gasteiger partial charge in [0.05, 0.1) is 26.9 Å². The predicted octanol–water partition coefficient (Wildman–Crippen LogP) is 2.70. The lowest BCUT2D eigenvalue weighted by atomic mass is 10.1. The van der Waals surface area contributed by atoms with E-state index in [1.165, 1.54) is 0 Å². The highest BCUT2D eigenvalue weighted by Gasteiger charge is 2.04. The smallest absolute Gasteiger partial charge is 0.150 e. The van der Waals surface area contributed by atoms with Gasteiger partial charge in [-0.3, -0.25) is 4.79 Å². The Bertz CT molecular complexity index is 388. The van der Waals surface area contributed by atoms with E-state index in [4.69, 9.17) is 14.2 Å². The topological polar surface area (TPSA) is 44.8 Å². The quantitative estimate of drug-likeness (QED) is 0.509. The van der Waals surface area contributed by atoms with Crippen LogP contribution in [0.2, 0.25) is 0 Å². The van der Waals surface area contributed by atoms with Crippen LogP contribution in [-0.2, 0) is 16.1 Å². The molecule has 0 heterocycles. The molecule has 0 aliphatic heterocycles. The van der Waals surface area contributed by atoms with Crippen LogP contribution in [0.3, 0.4) is 0 Å². The first kappa shape index (κ1) is 15.7. The van der Waals surface area contributed by atoms with E-state index in [2.05, 4.69) is 13.8 Å². The molecule has 0 saturated heterocycles. The first-order chi connectivity index (χ1) is 9.17. The monoisotopic (exact) mass is 266 g/mol. The minimum atomic E-state index is 0.413. The van der Waals surface area contributed by atoms with Crippen molar-refractivity contribution in [2.45, 2.75) is 20.5 Å². The summed E-state index contributed by atoms with van der Waals surface area (Å²) in [5.74, 6) is 1.26. The maximum absolute atomic E-state index is 10.7. The molecular formula is C15H22O4. The Morgan fingerprint density at radius 2 is 1.95 bits per heavy atom. The third kappa shape index (κ3) is 5.85. The SMILES string of the molecule is COc1ccc(C=O)cc1COCCOCC(C)C. The number of benzene rings is 1. The largest absolute Gasteiger partial charge is 0.496 e. The van der Waals surface area contributed by atoms with Gasteiger partial charge < -0.3 is 14.2 Å². The molecule has 106 valence electrons. The summed E-state index contributed by atoms with van der Waals surface area (Å²) in [5, 5.41) is 0. The summed E-state index contributed by atoms with van der Waals surface area (Å²) in [6, 6.07) is 5.28. The van der Waals surface area contributed by atoms with Crippen molar-refractivity contribution < 1.29 is 19.0 Å². The van der Waals surface area contributed by atoms with Gasteiger partial charge >= 0.3 is 0 Å². The summed E-state index contributed by atoms with van der Waals surface area (Å²) in [4.78, 5) is 10.7. The molecule has 0 N–H and O–H groups in total. The highest BCUT2D eigenvalue weighted by Crippen LogP contribution is 2.20. The average molecular weight is 266 g/mol. The summed E-state index contributed by atoms with van der Waals surface area (Å²) in [6.45, 7) is 6.48. The molecule has 0 aromatic heterocycles. The highest BCUT2D eigenvalue weighted by atomic mass is 16.5. The summed E-state index contributed by atoms with van der Waals surface area (Å²) < 4.78 is 16.2. The summed E-state index contributed by atoms with van der Waals surface area (Å²) in [7, 11) is 1.60. The Balaban J connectivity index is 2.37. The molecule has 19 heavy (non-hydrogen) atoms. The molecule has 1 aromatic carbocycles. The number of hydrogen-bond acceptors (Lipinski definition) is 4. The van der Waals surface area contributed by atoms with Crippen molar-refractivity contribution in [3.8, 4) is 5.75 Å². The van der Waals surface area contributed by atoms with Crippen molar-refractivity contribution in [3.63, 3.8) is 0 Å². The van der Waals surface area contributed by atoms with Crippen LogP contribution in [0.4, 0.5) is 0 Å². The van der Waals surface area contributed by atoms with Crippen LogP contribution in [-0.4, -0.2) is 33.2 Å². The fourth-order valence-electron chi connectivity index (χ4n) is 1.60. The second kappa shape index (κ2) is 8.67. The van der Waals surface area contributed by atoms with Gasteiger partial charge in [-0.2, -0.15) is 0 Å². The molecule has 0 saturated carbocycles. The molecule has 1 rings (SSSR count). The van der Waals surface area contributed by atoms with Crippen molar-refractivity contribution in [2.24, 2.45) is 5.92 Å². The Morgan fingerprint density at radius 3 is 2.58 bits per heavy atom. The summed E-state index contributed by atoms with van der Waals surface area (Å²) >= 11 is 0. The molecular weight excluding hydrogens is 244 g/mol. The lowest BCUT2D eigenvalue weighted by molar-refractivity contribution is 0.0309. The van der Waals surface area contributed by atoms with Crippen molar-refractivity contribution in [1.29, 1.82) is 0 Å². The molecule has 0 radical (unpaired) electrons. The van der Waals surface area contributed by atoms with Crippen LogP contribution < -0.4 is 4.74 Å². The minimum Gasteiger partial charge on any atom is -0.496 e. The maximum Gasteiger partial charge on any atom is 0.150 e. The molecule has 0 aliphatic carbocycles. The number of aldehydes is 1. The molecule has 0 unspecified atom stereocenters. The van der Waals surface area contributed by atoms with E-state index >= 15 is 0 Å². The molecule has 0 atom stereocenters. The van der Waals surface area contributed by atoms with Crippen molar-refractivity contribution in [1.82, 2.24) is 0 Å². The molecule has 4 nitrogen and oxygen atoms in total. The Hall–Kier alpha value is -1.39. The summed E-state index contributed by atoms with van der Waals surface area (Å²) in [5.41, 5.74) is 1.49. The van der Waals surface area contributed by atoms with Crippen LogP contribution >= 0.6 is 0 Å². The van der Waals surface area contributed by atoms with E-state index in [1.807, 2.05) is 0 Å². The third-order valence-electron chi connectivity index (χ3n) is 2.52. The van der Waals surface area contributed by atoms with Gasteiger partial charge in [0.25, 0.3) is 0 Å².